The maximum atomic E-state index is 12.7. The molecule has 0 aliphatic rings. The van der Waals surface area contributed by atoms with E-state index < -0.39 is 0 Å². The van der Waals surface area contributed by atoms with E-state index in [1.54, 1.807) is 4.90 Å². The van der Waals surface area contributed by atoms with Gasteiger partial charge in [-0.3, -0.25) is 14.5 Å². The van der Waals surface area contributed by atoms with E-state index in [-0.39, 0.29) is 40.4 Å². The first-order valence-electron chi connectivity index (χ1n) is 12.8. The Bertz CT molecular complexity index is 632. The number of hydrogen-bond acceptors (Lipinski definition) is 5. The molecule has 7 heteroatoms. The first-order chi connectivity index (χ1) is 15.3. The van der Waals surface area contributed by atoms with E-state index in [4.69, 9.17) is 9.47 Å². The molecular formula is C28H55CmN2O4-. The van der Waals surface area contributed by atoms with Crippen LogP contribution in [0.3, 0.4) is 0 Å². The molecule has 210 valence electrons. The summed E-state index contributed by atoms with van der Waals surface area (Å²) in [6, 6.07) is 0.469. The van der Waals surface area contributed by atoms with Gasteiger partial charge in [-0.05, 0) is 46.6 Å². The first kappa shape index (κ1) is 35.2. The van der Waals surface area contributed by atoms with Gasteiger partial charge in [0.15, 0.2) is 5.91 Å². The Balaban J connectivity index is 0. The summed E-state index contributed by atoms with van der Waals surface area (Å²) in [6.07, 6.45) is 2.46. The fourth-order valence-electron chi connectivity index (χ4n) is 3.86. The van der Waals surface area contributed by atoms with Gasteiger partial charge in [-0.1, -0.05) is 48.0 Å². The van der Waals surface area contributed by atoms with E-state index in [1.807, 2.05) is 27.8 Å². The van der Waals surface area contributed by atoms with Gasteiger partial charge in [0, 0.05) is 49.5 Å². The molecule has 0 aromatic carbocycles. The van der Waals surface area contributed by atoms with E-state index in [1.165, 1.54) is 0 Å². The molecule has 0 unspecified atom stereocenters. The van der Waals surface area contributed by atoms with Gasteiger partial charge in [0.05, 0.1) is 13.2 Å². The van der Waals surface area contributed by atoms with Crippen LogP contribution in [0.25, 0.3) is 0 Å². The largest absolute Gasteiger partial charge is 0.549 e. The minimum absolute atomic E-state index is 0. The van der Waals surface area contributed by atoms with Crippen molar-refractivity contribution in [2.45, 2.75) is 107 Å². The molecule has 0 aromatic heterocycles. The number of carbonyl (C=O) groups is 2. The second kappa shape index (κ2) is 14.5. The molecule has 0 radical (unpaired) electrons. The predicted octanol–water partition coefficient (Wildman–Crippen LogP) is 5.60. The SMILES string of the molecule is C[C-](CC(=O)N(C)CC(C)(C)COCC(C)(C)CC(=O)C(C)C)OCCC(C)(C)N(C)C(C)C.[Cm]. The van der Waals surface area contributed by atoms with Crippen LogP contribution < -0.4 is 0 Å². The molecule has 0 saturated heterocycles. The topological polar surface area (TPSA) is 59.1 Å². The second-order valence-electron chi connectivity index (χ2n) is 12.9. The van der Waals surface area contributed by atoms with Gasteiger partial charge in [-0.25, -0.2) is 0 Å². The van der Waals surface area contributed by atoms with E-state index in [9.17, 15) is 9.59 Å². The molecule has 1 amide bonds. The zero-order chi connectivity index (χ0) is 26.9. The van der Waals surface area contributed by atoms with Crippen LogP contribution in [0, 0.1) is 22.9 Å². The van der Waals surface area contributed by atoms with Crippen LogP contribution in [-0.4, -0.2) is 73.5 Å². The quantitative estimate of drug-likeness (QED) is 0.183. The monoisotopic (exact) mass is 726 g/mol. The van der Waals surface area contributed by atoms with Gasteiger partial charge in [0.2, 0.25) is 0 Å². The van der Waals surface area contributed by atoms with Crippen molar-refractivity contribution in [1.29, 1.82) is 0 Å². The number of ether oxygens (including phenoxy) is 2. The maximum absolute atomic E-state index is 12.7. The molecule has 6 nitrogen and oxygen atoms in total. The Morgan fingerprint density at radius 2 is 1.43 bits per heavy atom. The van der Waals surface area contributed by atoms with Crippen LogP contribution in [-0.2, 0) is 19.1 Å². The Labute approximate surface area is 211 Å². The maximum Gasteiger partial charge on any atom is 0.194 e. The third kappa shape index (κ3) is 14.2. The Kier molecular flexibility index (Phi) is 14.6. The summed E-state index contributed by atoms with van der Waals surface area (Å²) in [7, 11) is 3.97. The minimum Gasteiger partial charge on any atom is -0.549 e. The molecule has 0 spiro atoms. The number of hydrogen-bond donors (Lipinski definition) is 0. The number of Topliss-reactive ketones (excluding diaryl/α,β-unsaturated/α-hetero) is 1. The molecule has 0 bridgehead atoms. The summed E-state index contributed by atoms with van der Waals surface area (Å²) in [5.74, 6) is 0.363. The second-order valence-corrected chi connectivity index (χ2v) is 12.9. The predicted molar refractivity (Wildman–Crippen MR) is 142 cm³/mol. The average molecular weight is 731 g/mol. The molecule has 0 fully saturated rings. The van der Waals surface area contributed by atoms with Crippen molar-refractivity contribution in [3.8, 4) is 0 Å². The van der Waals surface area contributed by atoms with Crippen LogP contribution in [0.4, 0.5) is 0 Å². The average Bonchev–Trinajstić information content (AvgIpc) is 2.65. The van der Waals surface area contributed by atoms with Crippen LogP contribution in [0.1, 0.15) is 95.4 Å². The molecule has 0 saturated carbocycles. The Hall–Kier alpha value is -1.98. The van der Waals surface area contributed by atoms with Gasteiger partial charge in [-0.2, -0.15) is 13.0 Å². The molecular weight excluding hydrogens is 675 g/mol. The molecule has 0 N–H and O–H groups in total. The van der Waals surface area contributed by atoms with Gasteiger partial charge >= 0.3 is 0 Å². The van der Waals surface area contributed by atoms with Crippen molar-refractivity contribution in [3.05, 3.63) is 6.10 Å². The zero-order valence-electron chi connectivity index (χ0n) is 25.0. The number of ketones is 1. The smallest absolute Gasteiger partial charge is 0.194 e. The van der Waals surface area contributed by atoms with Crippen molar-refractivity contribution in [1.82, 2.24) is 9.80 Å². The van der Waals surface area contributed by atoms with Crippen molar-refractivity contribution >= 4 is 11.7 Å². The summed E-state index contributed by atoms with van der Waals surface area (Å²) in [4.78, 5) is 28.9. The summed E-state index contributed by atoms with van der Waals surface area (Å²) in [6.45, 7) is 25.2. The van der Waals surface area contributed by atoms with Gasteiger partial charge < -0.3 is 14.4 Å². The molecule has 35 heavy (non-hydrogen) atoms. The molecule has 0 heterocycles. The molecule has 0 aromatic rings. The van der Waals surface area contributed by atoms with E-state index >= 15 is 0 Å². The van der Waals surface area contributed by atoms with Crippen LogP contribution in [0.15, 0.2) is 0 Å². The van der Waals surface area contributed by atoms with Crippen LogP contribution in [0.5, 0.6) is 0 Å². The van der Waals surface area contributed by atoms with Crippen LogP contribution >= 0.6 is 0 Å². The zero-order valence-corrected chi connectivity index (χ0v) is 27.9. The van der Waals surface area contributed by atoms with Crippen molar-refractivity contribution in [2.75, 3.05) is 40.5 Å². The normalized spacial score (nSPS) is 13.1. The van der Waals surface area contributed by atoms with Gasteiger partial charge in [0.1, 0.15) is 5.78 Å². The molecule has 0 rings (SSSR count). The van der Waals surface area contributed by atoms with Crippen molar-refractivity contribution in [3.63, 3.8) is 0 Å². The minimum atomic E-state index is -0.193. The van der Waals surface area contributed by atoms with Gasteiger partial charge in [0.25, 0.3) is 0 Å². The summed E-state index contributed by atoms with van der Waals surface area (Å²) in [5, 5.41) is 0. The van der Waals surface area contributed by atoms with Gasteiger partial charge in [-0.15, -0.1) is 0 Å². The summed E-state index contributed by atoms with van der Waals surface area (Å²) >= 11 is 0. The molecule has 0 aliphatic carbocycles. The van der Waals surface area contributed by atoms with Crippen LogP contribution in [0.2, 0.25) is 0 Å². The number of carbonyl (C=O) groups excluding carboxylic acids is 2. The molecule has 0 atom stereocenters. The number of rotatable bonds is 17. The fraction of sp³-hybridized carbons (Fsp3) is 0.893. The van der Waals surface area contributed by atoms with E-state index in [2.05, 4.69) is 67.3 Å². The van der Waals surface area contributed by atoms with E-state index in [0.29, 0.717) is 38.8 Å². The number of amides is 1. The Morgan fingerprint density at radius 1 is 0.914 bits per heavy atom. The fourth-order valence-corrected chi connectivity index (χ4v) is 3.86. The summed E-state index contributed by atoms with van der Waals surface area (Å²) in [5.41, 5.74) is -0.347. The van der Waals surface area contributed by atoms with Crippen molar-refractivity contribution in [2.24, 2.45) is 16.7 Å². The van der Waals surface area contributed by atoms with Crippen molar-refractivity contribution < 1.29 is 19.1 Å². The first-order valence-corrected chi connectivity index (χ1v) is 12.8. The third-order valence-electron chi connectivity index (χ3n) is 6.57. The summed E-state index contributed by atoms with van der Waals surface area (Å²) < 4.78 is 11.9. The number of nitrogens with zero attached hydrogens (tertiary/aromatic N) is 2. The standard InChI is InChI=1S/C28H55N2O4.Cm/c1-21(2)24(31)17-26(6,7)19-33-20-27(8,9)18-29(12)25(32)16-23(5)34-15-14-28(10,11)30(13)22(3)4;/h21-22H,14-20H2,1-13H3;/q-1;. The third-order valence-corrected chi connectivity index (χ3v) is 6.57. The Morgan fingerprint density at radius 3 is 1.91 bits per heavy atom. The molecule has 0 aliphatic heterocycles. The van der Waals surface area contributed by atoms with E-state index in [0.717, 1.165) is 12.5 Å².